The van der Waals surface area contributed by atoms with Crippen LogP contribution in [-0.4, -0.2) is 21.0 Å². The monoisotopic (exact) mass is 347 g/mol. The van der Waals surface area contributed by atoms with Crippen LogP contribution < -0.4 is 4.74 Å². The van der Waals surface area contributed by atoms with Crippen molar-refractivity contribution in [2.24, 2.45) is 0 Å². The lowest BCUT2D eigenvalue weighted by atomic mass is 10.1. The molecule has 0 radical (unpaired) electrons. The lowest BCUT2D eigenvalue weighted by Crippen LogP contribution is -2.17. The molecule has 0 aliphatic heterocycles. The number of benzene rings is 1. The predicted molar refractivity (Wildman–Crippen MR) is 70.1 cm³/mol. The molecule has 0 fully saturated rings. The average molecular weight is 347 g/mol. The van der Waals surface area contributed by atoms with Crippen LogP contribution in [0.3, 0.4) is 0 Å². The van der Waals surface area contributed by atoms with Crippen LogP contribution in [0.5, 0.6) is 5.75 Å². The normalized spacial score (nSPS) is 12.6. The highest BCUT2D eigenvalue weighted by Gasteiger charge is 2.37. The minimum absolute atomic E-state index is 0.0335. The van der Waals surface area contributed by atoms with E-state index in [1.807, 2.05) is 0 Å². The molecule has 2 heterocycles. The van der Waals surface area contributed by atoms with E-state index in [0.29, 0.717) is 0 Å². The van der Waals surface area contributed by atoms with Gasteiger partial charge in [-0.2, -0.15) is 13.2 Å². The smallest absolute Gasteiger partial charge is 0.406 e. The highest BCUT2D eigenvalue weighted by molar-refractivity contribution is 5.66. The van der Waals surface area contributed by atoms with E-state index >= 15 is 0 Å². The molecule has 3 aromatic rings. The third kappa shape index (κ3) is 3.26. The van der Waals surface area contributed by atoms with Gasteiger partial charge < -0.3 is 4.74 Å². The lowest BCUT2D eigenvalue weighted by molar-refractivity contribution is -0.274. The number of rotatable bonds is 2. The highest BCUT2D eigenvalue weighted by Crippen LogP contribution is 2.31. The van der Waals surface area contributed by atoms with Crippen molar-refractivity contribution >= 4 is 5.65 Å². The van der Waals surface area contributed by atoms with Crippen LogP contribution in [0.25, 0.3) is 16.8 Å². The molecule has 0 aliphatic rings. The van der Waals surface area contributed by atoms with Gasteiger partial charge in [0.2, 0.25) is 5.82 Å². The molecule has 0 aliphatic carbocycles. The van der Waals surface area contributed by atoms with Crippen molar-refractivity contribution in [3.8, 4) is 16.9 Å². The molecule has 0 N–H and O–H groups in total. The van der Waals surface area contributed by atoms with Crippen LogP contribution in [0.4, 0.5) is 26.3 Å². The van der Waals surface area contributed by atoms with Crippen LogP contribution in [0.1, 0.15) is 5.82 Å². The Labute approximate surface area is 130 Å². The number of alkyl halides is 6. The Morgan fingerprint density at radius 3 is 2.29 bits per heavy atom. The molecule has 126 valence electrons. The van der Waals surface area contributed by atoms with E-state index in [0.717, 1.165) is 22.7 Å². The number of nitrogens with zero attached hydrogens (tertiary/aromatic N) is 3. The number of pyridine rings is 1. The standard InChI is InChI=1S/C14H7F6N3O/c15-13(16,17)12-22-21-11-5-4-9(7-23(11)12)8-2-1-3-10(6-8)24-14(18,19)20/h1-7H. The minimum Gasteiger partial charge on any atom is -0.406 e. The van der Waals surface area contributed by atoms with Gasteiger partial charge in [0.05, 0.1) is 0 Å². The Morgan fingerprint density at radius 1 is 0.875 bits per heavy atom. The molecule has 0 atom stereocenters. The molecular weight excluding hydrogens is 340 g/mol. The summed E-state index contributed by atoms with van der Waals surface area (Å²) in [5, 5.41) is 6.49. The van der Waals surface area contributed by atoms with Crippen molar-refractivity contribution in [1.29, 1.82) is 0 Å². The molecule has 2 aromatic heterocycles. The van der Waals surface area contributed by atoms with Gasteiger partial charge in [-0.25, -0.2) is 0 Å². The van der Waals surface area contributed by atoms with E-state index in [2.05, 4.69) is 14.9 Å². The molecule has 24 heavy (non-hydrogen) atoms. The van der Waals surface area contributed by atoms with Gasteiger partial charge in [-0.3, -0.25) is 4.40 Å². The molecule has 0 spiro atoms. The molecule has 3 rings (SSSR count). The van der Waals surface area contributed by atoms with Crippen molar-refractivity contribution < 1.29 is 31.1 Å². The van der Waals surface area contributed by atoms with Gasteiger partial charge in [-0.15, -0.1) is 23.4 Å². The van der Waals surface area contributed by atoms with Gasteiger partial charge >= 0.3 is 12.5 Å². The second kappa shape index (κ2) is 5.39. The van der Waals surface area contributed by atoms with Gasteiger partial charge in [-0.1, -0.05) is 12.1 Å². The van der Waals surface area contributed by atoms with E-state index < -0.39 is 24.1 Å². The average Bonchev–Trinajstić information content (AvgIpc) is 2.88. The van der Waals surface area contributed by atoms with Crippen molar-refractivity contribution in [2.75, 3.05) is 0 Å². The SMILES string of the molecule is FC(F)(F)Oc1cccc(-c2ccc3nnc(C(F)(F)F)n3c2)c1. The third-order valence-corrected chi connectivity index (χ3v) is 3.06. The Kier molecular flexibility index (Phi) is 3.61. The fourth-order valence-electron chi connectivity index (χ4n) is 2.13. The quantitative estimate of drug-likeness (QED) is 0.649. The summed E-state index contributed by atoms with van der Waals surface area (Å²) < 4.78 is 79.9. The summed E-state index contributed by atoms with van der Waals surface area (Å²) in [6.45, 7) is 0. The molecule has 10 heteroatoms. The summed E-state index contributed by atoms with van der Waals surface area (Å²) in [6, 6.07) is 7.63. The zero-order valence-electron chi connectivity index (χ0n) is 11.6. The Morgan fingerprint density at radius 2 is 1.62 bits per heavy atom. The van der Waals surface area contributed by atoms with Crippen LogP contribution >= 0.6 is 0 Å². The minimum atomic E-state index is -4.86. The summed E-state index contributed by atoms with van der Waals surface area (Å²) in [5.41, 5.74) is 0.467. The molecule has 0 unspecified atom stereocenters. The number of fused-ring (bicyclic) bond motifs is 1. The number of aromatic nitrogens is 3. The molecule has 1 aromatic carbocycles. The second-order valence-electron chi connectivity index (χ2n) is 4.74. The second-order valence-corrected chi connectivity index (χ2v) is 4.74. The zero-order valence-corrected chi connectivity index (χ0v) is 11.6. The third-order valence-electron chi connectivity index (χ3n) is 3.06. The van der Waals surface area contributed by atoms with Crippen molar-refractivity contribution in [3.05, 3.63) is 48.4 Å². The maximum atomic E-state index is 12.9. The van der Waals surface area contributed by atoms with E-state index in [-0.39, 0.29) is 16.8 Å². The summed E-state index contributed by atoms with van der Waals surface area (Å²) in [4.78, 5) is 0. The highest BCUT2D eigenvalue weighted by atomic mass is 19.4. The van der Waals surface area contributed by atoms with Gasteiger partial charge in [-0.05, 0) is 35.4 Å². The van der Waals surface area contributed by atoms with E-state index in [1.54, 1.807) is 0 Å². The molecule has 0 saturated carbocycles. The van der Waals surface area contributed by atoms with Crippen molar-refractivity contribution in [2.45, 2.75) is 12.5 Å². The predicted octanol–water partition coefficient (Wildman–Crippen LogP) is 4.31. The fourth-order valence-corrected chi connectivity index (χ4v) is 2.13. The fraction of sp³-hybridized carbons (Fsp3) is 0.143. The van der Waals surface area contributed by atoms with Crippen LogP contribution in [0.15, 0.2) is 42.6 Å². The number of ether oxygens (including phenoxy) is 1. The van der Waals surface area contributed by atoms with E-state index in [1.165, 1.54) is 24.3 Å². The number of hydrogen-bond acceptors (Lipinski definition) is 3. The van der Waals surface area contributed by atoms with Crippen LogP contribution in [-0.2, 0) is 6.18 Å². The first kappa shape index (κ1) is 16.1. The topological polar surface area (TPSA) is 39.4 Å². The van der Waals surface area contributed by atoms with Crippen LogP contribution in [0.2, 0.25) is 0 Å². The zero-order chi connectivity index (χ0) is 17.5. The summed E-state index contributed by atoms with van der Waals surface area (Å²) in [7, 11) is 0. The van der Waals surface area contributed by atoms with Gasteiger partial charge in [0.15, 0.2) is 5.65 Å². The molecule has 0 amide bonds. The van der Waals surface area contributed by atoms with Crippen molar-refractivity contribution in [3.63, 3.8) is 0 Å². The first-order chi connectivity index (χ1) is 11.1. The Hall–Kier alpha value is -2.78. The molecule has 4 nitrogen and oxygen atoms in total. The van der Waals surface area contributed by atoms with Crippen molar-refractivity contribution in [1.82, 2.24) is 14.6 Å². The van der Waals surface area contributed by atoms with Gasteiger partial charge in [0.25, 0.3) is 0 Å². The Bertz CT molecular complexity index is 884. The summed E-state index contributed by atoms with van der Waals surface area (Å²) >= 11 is 0. The summed E-state index contributed by atoms with van der Waals surface area (Å²) in [6.07, 6.45) is -8.47. The van der Waals surface area contributed by atoms with Gasteiger partial charge in [0.1, 0.15) is 5.75 Å². The maximum Gasteiger partial charge on any atom is 0.573 e. The molecule has 0 saturated heterocycles. The molecular formula is C14H7F6N3O. The number of halogens is 6. The maximum absolute atomic E-state index is 12.9. The molecule has 0 bridgehead atoms. The summed E-state index contributed by atoms with van der Waals surface area (Å²) in [5.74, 6) is -1.69. The van der Waals surface area contributed by atoms with Gasteiger partial charge in [0, 0.05) is 6.20 Å². The Balaban J connectivity index is 2.05. The van der Waals surface area contributed by atoms with E-state index in [4.69, 9.17) is 0 Å². The largest absolute Gasteiger partial charge is 0.573 e. The number of hydrogen-bond donors (Lipinski definition) is 0. The lowest BCUT2D eigenvalue weighted by Gasteiger charge is -2.10. The first-order valence-electron chi connectivity index (χ1n) is 6.42. The van der Waals surface area contributed by atoms with Crippen LogP contribution in [0, 0.1) is 0 Å². The van der Waals surface area contributed by atoms with E-state index in [9.17, 15) is 26.3 Å². The first-order valence-corrected chi connectivity index (χ1v) is 6.42.